The van der Waals surface area contributed by atoms with Crippen LogP contribution in [0.1, 0.15) is 22.2 Å². The maximum atomic E-state index is 8.78. The molecule has 0 aliphatic carbocycles. The number of hydrogen-bond acceptors (Lipinski definition) is 3. The molecule has 4 heteroatoms. The number of nitrogens with one attached hydrogen (secondary N) is 1. The number of anilines is 1. The molecular weight excluding hydrogens is 308 g/mol. The van der Waals surface area contributed by atoms with Crippen LogP contribution in [0.2, 0.25) is 0 Å². The number of hydrogen-bond donors (Lipinski definition) is 1. The Morgan fingerprint density at radius 1 is 1.33 bits per heavy atom. The fourth-order valence-electron chi connectivity index (χ4n) is 1.74. The third-order valence-electron chi connectivity index (χ3n) is 2.67. The predicted molar refractivity (Wildman–Crippen MR) is 79.9 cm³/mol. The Labute approximate surface area is 119 Å². The number of halogens is 1. The lowest BCUT2D eigenvalue weighted by molar-refractivity contribution is 1.10. The van der Waals surface area contributed by atoms with Gasteiger partial charge in [0.25, 0.3) is 0 Å². The molecule has 0 atom stereocenters. The second-order valence-corrected chi connectivity index (χ2v) is 5.97. The highest BCUT2D eigenvalue weighted by Gasteiger charge is 2.03. The molecule has 0 bridgehead atoms. The van der Waals surface area contributed by atoms with Gasteiger partial charge in [-0.3, -0.25) is 0 Å². The van der Waals surface area contributed by atoms with Crippen molar-refractivity contribution >= 4 is 33.0 Å². The number of thiophene rings is 1. The maximum Gasteiger partial charge on any atom is 0.110 e. The fourth-order valence-corrected chi connectivity index (χ4v) is 2.90. The molecule has 2 rings (SSSR count). The monoisotopic (exact) mass is 320 g/mol. The van der Waals surface area contributed by atoms with Crippen LogP contribution in [0.4, 0.5) is 5.69 Å². The Balaban J connectivity index is 2.08. The summed E-state index contributed by atoms with van der Waals surface area (Å²) >= 11 is 5.02. The fraction of sp³-hybridized carbons (Fsp3) is 0.214. The first-order chi connectivity index (χ1) is 8.72. The molecule has 18 heavy (non-hydrogen) atoms. The zero-order valence-electron chi connectivity index (χ0n) is 10.0. The quantitative estimate of drug-likeness (QED) is 0.896. The van der Waals surface area contributed by atoms with Crippen LogP contribution in [0.3, 0.4) is 0 Å². The molecule has 1 aromatic carbocycles. The highest BCUT2D eigenvalue weighted by atomic mass is 79.9. The first-order valence-corrected chi connectivity index (χ1v) is 7.35. The van der Waals surface area contributed by atoms with Crippen LogP contribution < -0.4 is 5.32 Å². The molecule has 0 fully saturated rings. The van der Waals surface area contributed by atoms with Gasteiger partial charge in [-0.2, -0.15) is 5.26 Å². The van der Waals surface area contributed by atoms with E-state index in [1.165, 1.54) is 21.8 Å². The highest BCUT2D eigenvalue weighted by Crippen LogP contribution is 2.23. The maximum absolute atomic E-state index is 8.78. The van der Waals surface area contributed by atoms with E-state index in [0.717, 1.165) is 28.0 Å². The van der Waals surface area contributed by atoms with Gasteiger partial charge >= 0.3 is 0 Å². The van der Waals surface area contributed by atoms with Crippen molar-refractivity contribution in [3.8, 4) is 6.07 Å². The van der Waals surface area contributed by atoms with E-state index in [1.807, 2.05) is 18.2 Å². The lowest BCUT2D eigenvalue weighted by atomic mass is 10.1. The summed E-state index contributed by atoms with van der Waals surface area (Å²) in [5.74, 6) is 0. The number of benzene rings is 1. The molecule has 0 spiro atoms. The van der Waals surface area contributed by atoms with Gasteiger partial charge < -0.3 is 5.32 Å². The molecule has 1 aromatic heterocycles. The smallest absolute Gasteiger partial charge is 0.110 e. The van der Waals surface area contributed by atoms with E-state index >= 15 is 0 Å². The molecule has 0 amide bonds. The van der Waals surface area contributed by atoms with Crippen molar-refractivity contribution < 1.29 is 0 Å². The van der Waals surface area contributed by atoms with Crippen molar-refractivity contribution in [1.82, 2.24) is 0 Å². The van der Waals surface area contributed by atoms with Crippen LogP contribution in [0, 0.1) is 11.3 Å². The van der Waals surface area contributed by atoms with E-state index < -0.39 is 0 Å². The number of nitriles is 1. The van der Waals surface area contributed by atoms with Gasteiger partial charge in [0.2, 0.25) is 0 Å². The molecule has 0 saturated carbocycles. The van der Waals surface area contributed by atoms with Gasteiger partial charge in [-0.25, -0.2) is 0 Å². The lowest BCUT2D eigenvalue weighted by Crippen LogP contribution is -2.00. The van der Waals surface area contributed by atoms with Crippen molar-refractivity contribution in [3.63, 3.8) is 0 Å². The standard InChI is InChI=1S/C14H13BrN2S/c1-2-10-7-11(15)3-6-14(10)17-9-13-5-4-12(8-16)18-13/h3-7,17H,2,9H2,1H3. The topological polar surface area (TPSA) is 35.8 Å². The summed E-state index contributed by atoms with van der Waals surface area (Å²) < 4.78 is 1.10. The number of aryl methyl sites for hydroxylation is 1. The summed E-state index contributed by atoms with van der Waals surface area (Å²) in [6.45, 7) is 2.91. The minimum Gasteiger partial charge on any atom is -0.380 e. The molecule has 0 radical (unpaired) electrons. The van der Waals surface area contributed by atoms with Crippen molar-refractivity contribution in [2.75, 3.05) is 5.32 Å². The van der Waals surface area contributed by atoms with E-state index in [2.05, 4.69) is 46.4 Å². The molecule has 1 N–H and O–H groups in total. The lowest BCUT2D eigenvalue weighted by Gasteiger charge is -2.10. The van der Waals surface area contributed by atoms with Gasteiger partial charge in [0.05, 0.1) is 0 Å². The van der Waals surface area contributed by atoms with E-state index in [1.54, 1.807) is 0 Å². The van der Waals surface area contributed by atoms with Crippen LogP contribution >= 0.6 is 27.3 Å². The third kappa shape index (κ3) is 3.12. The van der Waals surface area contributed by atoms with Crippen LogP contribution in [0.25, 0.3) is 0 Å². The molecule has 2 aromatic rings. The van der Waals surface area contributed by atoms with Gasteiger partial charge in [0.1, 0.15) is 10.9 Å². The Morgan fingerprint density at radius 3 is 2.83 bits per heavy atom. The second kappa shape index (κ2) is 6.03. The van der Waals surface area contributed by atoms with E-state index in [-0.39, 0.29) is 0 Å². The van der Waals surface area contributed by atoms with Crippen molar-refractivity contribution in [2.24, 2.45) is 0 Å². The normalized spacial score (nSPS) is 10.1. The molecule has 0 saturated heterocycles. The van der Waals surface area contributed by atoms with Crippen molar-refractivity contribution in [1.29, 1.82) is 5.26 Å². The van der Waals surface area contributed by atoms with Crippen LogP contribution in [-0.2, 0) is 13.0 Å². The van der Waals surface area contributed by atoms with Crippen LogP contribution in [-0.4, -0.2) is 0 Å². The van der Waals surface area contributed by atoms with E-state index in [4.69, 9.17) is 5.26 Å². The summed E-state index contributed by atoms with van der Waals surface area (Å²) in [5, 5.41) is 12.2. The Hall–Kier alpha value is -1.31. The Bertz CT molecular complexity index is 584. The van der Waals surface area contributed by atoms with Gasteiger partial charge in [0, 0.05) is 21.6 Å². The molecule has 0 aliphatic heterocycles. The molecule has 0 unspecified atom stereocenters. The van der Waals surface area contributed by atoms with E-state index in [9.17, 15) is 0 Å². The second-order valence-electron chi connectivity index (χ2n) is 3.89. The first kappa shape index (κ1) is 13.1. The SMILES string of the molecule is CCc1cc(Br)ccc1NCc1ccc(C#N)s1. The molecule has 92 valence electrons. The molecule has 1 heterocycles. The summed E-state index contributed by atoms with van der Waals surface area (Å²) in [5.41, 5.74) is 2.45. The third-order valence-corrected chi connectivity index (χ3v) is 4.16. The van der Waals surface area contributed by atoms with E-state index in [0.29, 0.717) is 0 Å². The summed E-state index contributed by atoms with van der Waals surface area (Å²) in [4.78, 5) is 1.94. The van der Waals surface area contributed by atoms with Crippen LogP contribution in [0.15, 0.2) is 34.8 Å². The van der Waals surface area contributed by atoms with Crippen LogP contribution in [0.5, 0.6) is 0 Å². The van der Waals surface area contributed by atoms with Gasteiger partial charge in [-0.1, -0.05) is 22.9 Å². The average Bonchev–Trinajstić information content (AvgIpc) is 2.85. The Kier molecular flexibility index (Phi) is 4.40. The molecular formula is C14H13BrN2S. The zero-order chi connectivity index (χ0) is 13.0. The molecule has 0 aliphatic rings. The Morgan fingerprint density at radius 2 is 2.17 bits per heavy atom. The number of nitrogens with zero attached hydrogens (tertiary/aromatic N) is 1. The average molecular weight is 321 g/mol. The zero-order valence-corrected chi connectivity index (χ0v) is 12.4. The summed E-state index contributed by atoms with van der Waals surface area (Å²) in [6.07, 6.45) is 0.996. The molecule has 2 nitrogen and oxygen atoms in total. The minimum atomic E-state index is 0.762. The van der Waals surface area contributed by atoms with Crippen molar-refractivity contribution in [2.45, 2.75) is 19.9 Å². The number of rotatable bonds is 4. The van der Waals surface area contributed by atoms with Gasteiger partial charge in [-0.15, -0.1) is 11.3 Å². The van der Waals surface area contributed by atoms with Gasteiger partial charge in [-0.05, 0) is 42.3 Å². The summed E-state index contributed by atoms with van der Waals surface area (Å²) in [7, 11) is 0. The predicted octanol–water partition coefficient (Wildman–Crippen LogP) is 4.56. The first-order valence-electron chi connectivity index (χ1n) is 5.74. The van der Waals surface area contributed by atoms with Gasteiger partial charge in [0.15, 0.2) is 0 Å². The van der Waals surface area contributed by atoms with Crippen molar-refractivity contribution in [3.05, 3.63) is 50.1 Å². The summed E-state index contributed by atoms with van der Waals surface area (Å²) in [6, 6.07) is 12.3. The minimum absolute atomic E-state index is 0.762. The highest BCUT2D eigenvalue weighted by molar-refractivity contribution is 9.10. The largest absolute Gasteiger partial charge is 0.380 e.